The summed E-state index contributed by atoms with van der Waals surface area (Å²) in [5.41, 5.74) is 3.44. The van der Waals surface area contributed by atoms with Gasteiger partial charge in [-0.25, -0.2) is 4.79 Å². The fourth-order valence-corrected chi connectivity index (χ4v) is 3.86. The molecule has 0 saturated carbocycles. The van der Waals surface area contributed by atoms with E-state index in [4.69, 9.17) is 0 Å². The van der Waals surface area contributed by atoms with Crippen molar-refractivity contribution in [2.24, 2.45) is 0 Å². The highest BCUT2D eigenvalue weighted by Crippen LogP contribution is 2.22. The number of hydrogen-bond acceptors (Lipinski definition) is 3. The van der Waals surface area contributed by atoms with Crippen LogP contribution in [0, 0.1) is 6.92 Å². The van der Waals surface area contributed by atoms with Crippen molar-refractivity contribution >= 4 is 16.9 Å². The Morgan fingerprint density at radius 2 is 1.96 bits per heavy atom. The molecule has 1 aromatic heterocycles. The van der Waals surface area contributed by atoms with Crippen molar-refractivity contribution in [1.29, 1.82) is 0 Å². The van der Waals surface area contributed by atoms with E-state index in [0.717, 1.165) is 43.8 Å². The quantitative estimate of drug-likeness (QED) is 0.821. The third-order valence-electron chi connectivity index (χ3n) is 5.83. The van der Waals surface area contributed by atoms with Gasteiger partial charge in [0.05, 0.1) is 6.54 Å². The summed E-state index contributed by atoms with van der Waals surface area (Å²) in [5, 5.41) is 4.36. The van der Waals surface area contributed by atoms with Gasteiger partial charge in [0.25, 0.3) is 0 Å². The first-order valence-electron chi connectivity index (χ1n) is 9.97. The van der Waals surface area contributed by atoms with Crippen molar-refractivity contribution in [3.05, 3.63) is 35.5 Å². The number of likely N-dealkylation sites (N-methyl/N-ethyl adjacent to an activating group) is 1. The van der Waals surface area contributed by atoms with E-state index in [1.54, 1.807) is 4.90 Å². The molecule has 2 N–H and O–H groups in total. The molecule has 0 aliphatic carbocycles. The lowest BCUT2D eigenvalue weighted by Crippen LogP contribution is -2.53. The summed E-state index contributed by atoms with van der Waals surface area (Å²) in [5.74, 6) is 0. The summed E-state index contributed by atoms with van der Waals surface area (Å²) >= 11 is 0. The summed E-state index contributed by atoms with van der Waals surface area (Å²) in [4.78, 5) is 22.7. The number of aromatic amines is 1. The van der Waals surface area contributed by atoms with E-state index in [0.29, 0.717) is 19.1 Å². The smallest absolute Gasteiger partial charge is 0.317 e. The number of para-hydroxylation sites is 1. The largest absolute Gasteiger partial charge is 0.357 e. The first kappa shape index (κ1) is 19.7. The molecule has 6 nitrogen and oxygen atoms in total. The second-order valence-electron chi connectivity index (χ2n) is 7.72. The summed E-state index contributed by atoms with van der Waals surface area (Å²) in [7, 11) is 4.03. The predicted octanol–water partition coefficient (Wildman–Crippen LogP) is 2.64. The predicted molar refractivity (Wildman–Crippen MR) is 111 cm³/mol. The Labute approximate surface area is 162 Å². The summed E-state index contributed by atoms with van der Waals surface area (Å²) in [6.07, 6.45) is 1.05. The van der Waals surface area contributed by atoms with Crippen LogP contribution in [0.5, 0.6) is 0 Å². The molecule has 0 radical (unpaired) electrons. The number of carbonyl (C=O) groups excluding carboxylic acids is 1. The van der Waals surface area contributed by atoms with Crippen LogP contribution in [0.25, 0.3) is 10.9 Å². The third-order valence-corrected chi connectivity index (χ3v) is 5.83. The maximum absolute atomic E-state index is 12.6. The number of hydrogen-bond donors (Lipinski definition) is 2. The van der Waals surface area contributed by atoms with Gasteiger partial charge >= 0.3 is 6.03 Å². The van der Waals surface area contributed by atoms with Crippen LogP contribution in [0.1, 0.15) is 24.6 Å². The van der Waals surface area contributed by atoms with Crippen LogP contribution >= 0.6 is 0 Å². The number of aryl methyl sites for hydroxylation is 1. The van der Waals surface area contributed by atoms with Crippen molar-refractivity contribution in [2.75, 3.05) is 46.8 Å². The number of aromatic nitrogens is 1. The van der Waals surface area contributed by atoms with Crippen LogP contribution < -0.4 is 5.32 Å². The summed E-state index contributed by atoms with van der Waals surface area (Å²) in [6.45, 7) is 9.96. The van der Waals surface area contributed by atoms with Crippen molar-refractivity contribution < 1.29 is 4.79 Å². The van der Waals surface area contributed by atoms with E-state index in [1.165, 1.54) is 10.9 Å². The number of rotatable bonds is 6. The maximum Gasteiger partial charge on any atom is 0.317 e. The summed E-state index contributed by atoms with van der Waals surface area (Å²) in [6, 6.07) is 8.67. The minimum absolute atomic E-state index is 0.0133. The van der Waals surface area contributed by atoms with Gasteiger partial charge in [-0.2, -0.15) is 0 Å². The zero-order chi connectivity index (χ0) is 19.4. The molecule has 2 aromatic rings. The average Bonchev–Trinajstić information content (AvgIpc) is 2.99. The SMILES string of the molecule is CCC(CNC(=O)N(C)Cc1[nH]c2ccccc2c1C)N1CCN(C)CC1. The van der Waals surface area contributed by atoms with Crippen molar-refractivity contribution in [2.45, 2.75) is 32.9 Å². The molecule has 2 amide bonds. The van der Waals surface area contributed by atoms with Crippen LogP contribution in [-0.2, 0) is 6.54 Å². The number of nitrogens with zero attached hydrogens (tertiary/aromatic N) is 3. The van der Waals surface area contributed by atoms with Crippen molar-refractivity contribution in [3.8, 4) is 0 Å². The van der Waals surface area contributed by atoms with Gasteiger partial charge in [0.1, 0.15) is 0 Å². The highest BCUT2D eigenvalue weighted by atomic mass is 16.2. The molecule has 1 aromatic carbocycles. The Balaban J connectivity index is 1.54. The van der Waals surface area contributed by atoms with E-state index in [2.05, 4.69) is 53.1 Å². The van der Waals surface area contributed by atoms with E-state index in [1.807, 2.05) is 19.2 Å². The van der Waals surface area contributed by atoms with Gasteiger partial charge < -0.3 is 20.1 Å². The highest BCUT2D eigenvalue weighted by molar-refractivity contribution is 5.84. The molecule has 0 bridgehead atoms. The van der Waals surface area contributed by atoms with E-state index in [-0.39, 0.29) is 6.03 Å². The number of urea groups is 1. The third kappa shape index (κ3) is 4.62. The Morgan fingerprint density at radius 3 is 2.63 bits per heavy atom. The van der Waals surface area contributed by atoms with E-state index < -0.39 is 0 Å². The Morgan fingerprint density at radius 1 is 1.26 bits per heavy atom. The number of carbonyl (C=O) groups is 1. The van der Waals surface area contributed by atoms with Crippen LogP contribution in [0.3, 0.4) is 0 Å². The van der Waals surface area contributed by atoms with Crippen molar-refractivity contribution in [3.63, 3.8) is 0 Å². The minimum Gasteiger partial charge on any atom is -0.357 e. The highest BCUT2D eigenvalue weighted by Gasteiger charge is 2.22. The number of nitrogens with one attached hydrogen (secondary N) is 2. The minimum atomic E-state index is -0.0133. The number of benzene rings is 1. The molecule has 2 heterocycles. The van der Waals surface area contributed by atoms with E-state index in [9.17, 15) is 4.79 Å². The Hall–Kier alpha value is -2.05. The topological polar surface area (TPSA) is 54.6 Å². The molecule has 6 heteroatoms. The molecular formula is C21H33N5O. The van der Waals surface area contributed by atoms with Crippen LogP contribution in [0.4, 0.5) is 4.79 Å². The number of piperazine rings is 1. The van der Waals surface area contributed by atoms with Crippen LogP contribution in [-0.4, -0.2) is 78.6 Å². The molecule has 3 rings (SSSR count). The zero-order valence-corrected chi connectivity index (χ0v) is 17.1. The van der Waals surface area contributed by atoms with E-state index >= 15 is 0 Å². The van der Waals surface area contributed by atoms with Gasteiger partial charge in [0, 0.05) is 62.4 Å². The normalized spacial score (nSPS) is 17.2. The molecule has 0 spiro atoms. The molecule has 1 aliphatic rings. The molecule has 1 aliphatic heterocycles. The maximum atomic E-state index is 12.6. The number of fused-ring (bicyclic) bond motifs is 1. The van der Waals surface area contributed by atoms with Gasteiger partial charge in [-0.3, -0.25) is 4.90 Å². The molecule has 1 unspecified atom stereocenters. The first-order chi connectivity index (χ1) is 13.0. The van der Waals surface area contributed by atoms with Crippen LogP contribution in [0.2, 0.25) is 0 Å². The Kier molecular flexibility index (Phi) is 6.39. The molecule has 1 atom stereocenters. The molecule has 27 heavy (non-hydrogen) atoms. The fourth-order valence-electron chi connectivity index (χ4n) is 3.86. The van der Waals surface area contributed by atoms with Gasteiger partial charge in [-0.1, -0.05) is 25.1 Å². The van der Waals surface area contributed by atoms with Gasteiger partial charge in [-0.05, 0) is 32.0 Å². The van der Waals surface area contributed by atoms with Gasteiger partial charge in [0.2, 0.25) is 0 Å². The molecule has 148 valence electrons. The standard InChI is InChI=1S/C21H33N5O/c1-5-17(26-12-10-24(3)11-13-26)14-22-21(27)25(4)15-20-16(2)18-8-6-7-9-19(18)23-20/h6-9,17,23H,5,10-15H2,1-4H3,(H,22,27). The zero-order valence-electron chi connectivity index (χ0n) is 17.1. The lowest BCUT2D eigenvalue weighted by atomic mass is 10.1. The fraction of sp³-hybridized carbons (Fsp3) is 0.571. The van der Waals surface area contributed by atoms with Crippen LogP contribution in [0.15, 0.2) is 24.3 Å². The van der Waals surface area contributed by atoms with Crippen molar-refractivity contribution in [1.82, 2.24) is 25.0 Å². The number of H-pyrrole nitrogens is 1. The summed E-state index contributed by atoms with van der Waals surface area (Å²) < 4.78 is 0. The number of amides is 2. The average molecular weight is 372 g/mol. The molecular weight excluding hydrogens is 338 g/mol. The first-order valence-corrected chi connectivity index (χ1v) is 9.97. The lowest BCUT2D eigenvalue weighted by molar-refractivity contribution is 0.107. The van der Waals surface area contributed by atoms with Gasteiger partial charge in [-0.15, -0.1) is 0 Å². The monoisotopic (exact) mass is 371 g/mol. The molecule has 1 saturated heterocycles. The molecule has 1 fully saturated rings. The second kappa shape index (κ2) is 8.76. The Bertz CT molecular complexity index is 763. The second-order valence-corrected chi connectivity index (χ2v) is 7.72. The lowest BCUT2D eigenvalue weighted by Gasteiger charge is -2.37. The van der Waals surface area contributed by atoms with Gasteiger partial charge in [0.15, 0.2) is 0 Å².